The van der Waals surface area contributed by atoms with Gasteiger partial charge in [0, 0.05) is 15.6 Å². The monoisotopic (exact) mass is 276 g/mol. The van der Waals surface area contributed by atoms with Gasteiger partial charge in [-0.25, -0.2) is 4.39 Å². The highest BCUT2D eigenvalue weighted by atomic mass is 127. The van der Waals surface area contributed by atoms with Crippen molar-refractivity contribution in [2.75, 3.05) is 0 Å². The number of hydrogen-bond acceptors (Lipinski definition) is 1. The van der Waals surface area contributed by atoms with Crippen LogP contribution in [0.4, 0.5) is 4.39 Å². The second kappa shape index (κ2) is 2.80. The van der Waals surface area contributed by atoms with Gasteiger partial charge in [0.05, 0.1) is 0 Å². The van der Waals surface area contributed by atoms with E-state index in [-0.39, 0.29) is 11.6 Å². The summed E-state index contributed by atoms with van der Waals surface area (Å²) >= 11 is 2.01. The number of hydrogen-bond donors (Lipinski definition) is 0. The summed E-state index contributed by atoms with van der Waals surface area (Å²) < 4.78 is 13.6. The second-order valence-corrected chi connectivity index (χ2v) is 4.01. The first-order valence-corrected chi connectivity index (χ1v) is 4.77. The Bertz CT molecular complexity index is 360. The molecule has 0 saturated heterocycles. The van der Waals surface area contributed by atoms with Gasteiger partial charge in [-0.2, -0.15) is 0 Å². The second-order valence-electron chi connectivity index (χ2n) is 2.84. The molecule has 0 N–H and O–H groups in total. The number of ketones is 1. The first kappa shape index (κ1) is 8.16. The van der Waals surface area contributed by atoms with Crippen LogP contribution < -0.4 is 0 Å². The summed E-state index contributed by atoms with van der Waals surface area (Å²) in [4.78, 5) is 11.3. The first-order chi connectivity index (χ1) is 5.68. The van der Waals surface area contributed by atoms with Crippen LogP contribution in [0.1, 0.15) is 22.3 Å². The predicted molar refractivity (Wildman–Crippen MR) is 51.8 cm³/mol. The first-order valence-electron chi connectivity index (χ1n) is 3.69. The van der Waals surface area contributed by atoms with Crippen LogP contribution in [0.25, 0.3) is 0 Å². The summed E-state index contributed by atoms with van der Waals surface area (Å²) in [7, 11) is 0. The zero-order valence-electron chi connectivity index (χ0n) is 6.23. The fraction of sp³-hybridized carbons (Fsp3) is 0.222. The van der Waals surface area contributed by atoms with Crippen LogP contribution in [0.3, 0.4) is 0 Å². The number of Topliss-reactive ketones (excluding diaryl/α,β-unsaturated/α-hetero) is 1. The van der Waals surface area contributed by atoms with E-state index in [2.05, 4.69) is 0 Å². The zero-order valence-corrected chi connectivity index (χ0v) is 8.39. The summed E-state index contributed by atoms with van der Waals surface area (Å²) in [6.45, 7) is 0. The van der Waals surface area contributed by atoms with Crippen molar-refractivity contribution in [1.82, 2.24) is 0 Å². The average Bonchev–Trinajstić information content (AvgIpc) is 2.31. The highest BCUT2D eigenvalue weighted by Gasteiger charge is 2.22. The number of benzene rings is 1. The van der Waals surface area contributed by atoms with Gasteiger partial charge in [0.25, 0.3) is 0 Å². The van der Waals surface area contributed by atoms with Gasteiger partial charge in [-0.15, -0.1) is 0 Å². The molecule has 0 bridgehead atoms. The molecule has 62 valence electrons. The van der Waals surface area contributed by atoms with Crippen LogP contribution in [0.5, 0.6) is 0 Å². The summed E-state index contributed by atoms with van der Waals surface area (Å²) in [5, 5.41) is 0. The smallest absolute Gasteiger partial charge is 0.164 e. The molecule has 0 spiro atoms. The zero-order chi connectivity index (χ0) is 8.72. The Morgan fingerprint density at radius 1 is 1.33 bits per heavy atom. The number of carbonyl (C=O) groups excluding carboxylic acids is 1. The maximum absolute atomic E-state index is 12.8. The molecular weight excluding hydrogens is 270 g/mol. The van der Waals surface area contributed by atoms with Gasteiger partial charge < -0.3 is 0 Å². The molecule has 0 atom stereocenters. The lowest BCUT2D eigenvalue weighted by Crippen LogP contribution is -1.95. The van der Waals surface area contributed by atoms with Gasteiger partial charge >= 0.3 is 0 Å². The molecular formula is C9H6FIO. The lowest BCUT2D eigenvalue weighted by Gasteiger charge is -2.00. The molecule has 0 radical (unpaired) electrons. The molecule has 1 aromatic rings. The average molecular weight is 276 g/mol. The molecule has 1 aliphatic carbocycles. The van der Waals surface area contributed by atoms with Crippen LogP contribution in [0, 0.1) is 9.39 Å². The number of fused-ring (bicyclic) bond motifs is 1. The minimum atomic E-state index is -0.243. The Labute approximate surface area is 83.1 Å². The fourth-order valence-electron chi connectivity index (χ4n) is 1.51. The van der Waals surface area contributed by atoms with Gasteiger partial charge in [-0.05, 0) is 46.7 Å². The maximum Gasteiger partial charge on any atom is 0.164 e. The van der Waals surface area contributed by atoms with E-state index in [4.69, 9.17) is 0 Å². The predicted octanol–water partition coefficient (Wildman–Crippen LogP) is 2.56. The Morgan fingerprint density at radius 2 is 2.08 bits per heavy atom. The van der Waals surface area contributed by atoms with E-state index >= 15 is 0 Å². The van der Waals surface area contributed by atoms with E-state index in [9.17, 15) is 9.18 Å². The summed E-state index contributed by atoms with van der Waals surface area (Å²) in [6.07, 6.45) is 1.23. The highest BCUT2D eigenvalue weighted by Crippen LogP contribution is 2.27. The van der Waals surface area contributed by atoms with Crippen LogP contribution in [-0.4, -0.2) is 5.78 Å². The van der Waals surface area contributed by atoms with E-state index in [0.29, 0.717) is 12.8 Å². The summed E-state index contributed by atoms with van der Waals surface area (Å²) in [5.74, 6) is -0.0951. The number of halogens is 2. The standard InChI is InChI=1S/C9H6FIO/c10-6-3-5-1-2-8(12)9(5)7(11)4-6/h3-4H,1-2H2. The molecule has 1 aromatic carbocycles. The highest BCUT2D eigenvalue weighted by molar-refractivity contribution is 14.1. The lowest BCUT2D eigenvalue weighted by atomic mass is 10.1. The van der Waals surface area contributed by atoms with E-state index in [1.54, 1.807) is 0 Å². The minimum absolute atomic E-state index is 0.148. The quantitative estimate of drug-likeness (QED) is 0.665. The lowest BCUT2D eigenvalue weighted by molar-refractivity contribution is 0.0994. The van der Waals surface area contributed by atoms with E-state index in [0.717, 1.165) is 14.7 Å². The molecule has 0 saturated carbocycles. The van der Waals surface area contributed by atoms with E-state index in [1.807, 2.05) is 22.6 Å². The summed E-state index contributed by atoms with van der Waals surface area (Å²) in [5.41, 5.74) is 1.60. The Morgan fingerprint density at radius 3 is 2.83 bits per heavy atom. The SMILES string of the molecule is O=C1CCc2cc(F)cc(I)c21. The van der Waals surface area contributed by atoms with Gasteiger partial charge in [-0.3, -0.25) is 4.79 Å². The number of carbonyl (C=O) groups is 1. The third kappa shape index (κ3) is 1.16. The van der Waals surface area contributed by atoms with Crippen LogP contribution >= 0.6 is 22.6 Å². The normalized spacial score (nSPS) is 15.0. The molecule has 0 fully saturated rings. The van der Waals surface area contributed by atoms with Gasteiger partial charge in [0.1, 0.15) is 5.82 Å². The van der Waals surface area contributed by atoms with Crippen LogP contribution in [0.15, 0.2) is 12.1 Å². The molecule has 0 heterocycles. The van der Waals surface area contributed by atoms with Crippen LogP contribution in [-0.2, 0) is 6.42 Å². The van der Waals surface area contributed by atoms with Gasteiger partial charge in [0.15, 0.2) is 5.78 Å². The molecule has 0 aliphatic heterocycles. The molecule has 0 aromatic heterocycles. The molecule has 0 unspecified atom stereocenters. The van der Waals surface area contributed by atoms with E-state index in [1.165, 1.54) is 12.1 Å². The van der Waals surface area contributed by atoms with Crippen molar-refractivity contribution in [3.8, 4) is 0 Å². The minimum Gasteiger partial charge on any atom is -0.294 e. The van der Waals surface area contributed by atoms with Gasteiger partial charge in [0.2, 0.25) is 0 Å². The Balaban J connectivity index is 2.68. The number of aryl methyl sites for hydroxylation is 1. The number of rotatable bonds is 0. The molecule has 12 heavy (non-hydrogen) atoms. The van der Waals surface area contributed by atoms with Crippen molar-refractivity contribution < 1.29 is 9.18 Å². The van der Waals surface area contributed by atoms with Crippen molar-refractivity contribution in [3.05, 3.63) is 32.6 Å². The molecule has 1 aliphatic rings. The van der Waals surface area contributed by atoms with Crippen molar-refractivity contribution in [1.29, 1.82) is 0 Å². The third-order valence-electron chi connectivity index (χ3n) is 2.04. The Kier molecular flexibility index (Phi) is 1.90. The molecule has 1 nitrogen and oxygen atoms in total. The topological polar surface area (TPSA) is 17.1 Å². The third-order valence-corrected chi connectivity index (χ3v) is 2.89. The van der Waals surface area contributed by atoms with Crippen molar-refractivity contribution >= 4 is 28.4 Å². The summed E-state index contributed by atoms with van der Waals surface area (Å²) in [6, 6.07) is 2.87. The largest absolute Gasteiger partial charge is 0.294 e. The Hall–Kier alpha value is -0.450. The van der Waals surface area contributed by atoms with Crippen molar-refractivity contribution in [2.45, 2.75) is 12.8 Å². The van der Waals surface area contributed by atoms with Crippen molar-refractivity contribution in [2.24, 2.45) is 0 Å². The van der Waals surface area contributed by atoms with Crippen LogP contribution in [0.2, 0.25) is 0 Å². The maximum atomic E-state index is 12.8. The fourth-order valence-corrected chi connectivity index (χ4v) is 2.45. The van der Waals surface area contributed by atoms with Crippen molar-refractivity contribution in [3.63, 3.8) is 0 Å². The van der Waals surface area contributed by atoms with E-state index < -0.39 is 0 Å². The molecule has 3 heteroatoms. The molecule has 2 rings (SSSR count). The van der Waals surface area contributed by atoms with Gasteiger partial charge in [-0.1, -0.05) is 0 Å². The molecule has 0 amide bonds.